The van der Waals surface area contributed by atoms with Gasteiger partial charge in [-0.1, -0.05) is 25.0 Å². The number of hydrogen-bond donors (Lipinski definition) is 0. The van der Waals surface area contributed by atoms with E-state index in [-0.39, 0.29) is 17.4 Å². The van der Waals surface area contributed by atoms with Crippen LogP contribution in [-0.4, -0.2) is 6.61 Å². The molecule has 1 nitrogen and oxygen atoms in total. The van der Waals surface area contributed by atoms with Crippen LogP contribution in [-0.2, 0) is 0 Å². The van der Waals surface area contributed by atoms with Gasteiger partial charge in [0.15, 0.2) is 11.6 Å². The molecule has 0 bridgehead atoms. The number of benzene rings is 2. The third kappa shape index (κ3) is 2.31. The van der Waals surface area contributed by atoms with Crippen molar-refractivity contribution in [3.05, 3.63) is 41.5 Å². The second-order valence-corrected chi connectivity index (χ2v) is 7.14. The van der Waals surface area contributed by atoms with Crippen LogP contribution in [0.3, 0.4) is 0 Å². The summed E-state index contributed by atoms with van der Waals surface area (Å²) in [5.41, 5.74) is 0.798. The highest BCUT2D eigenvalue weighted by molar-refractivity contribution is 7.25. The van der Waals surface area contributed by atoms with Gasteiger partial charge in [0.25, 0.3) is 0 Å². The van der Waals surface area contributed by atoms with E-state index in [9.17, 15) is 8.78 Å². The van der Waals surface area contributed by atoms with Gasteiger partial charge in [-0.15, -0.1) is 11.3 Å². The van der Waals surface area contributed by atoms with Gasteiger partial charge >= 0.3 is 0 Å². The number of halogens is 2. The van der Waals surface area contributed by atoms with Crippen molar-refractivity contribution in [3.63, 3.8) is 0 Å². The van der Waals surface area contributed by atoms with Crippen LogP contribution in [0.2, 0.25) is 0 Å². The second-order valence-electron chi connectivity index (χ2n) is 6.12. The molecule has 3 aromatic rings. The monoisotopic (exact) mass is 332 g/mol. The molecule has 0 saturated heterocycles. The van der Waals surface area contributed by atoms with Gasteiger partial charge in [-0.05, 0) is 43.4 Å². The number of thiophene rings is 1. The Kier molecular flexibility index (Phi) is 3.72. The zero-order chi connectivity index (χ0) is 16.0. The zero-order valence-corrected chi connectivity index (χ0v) is 13.8. The minimum atomic E-state index is -0.382. The maximum absolute atomic E-state index is 15.0. The fraction of sp³-hybridized carbons (Fsp3) is 0.368. The summed E-state index contributed by atoms with van der Waals surface area (Å²) in [6.07, 6.45) is 4.44. The Morgan fingerprint density at radius 1 is 1.00 bits per heavy atom. The van der Waals surface area contributed by atoms with Gasteiger partial charge in [0.05, 0.1) is 16.0 Å². The zero-order valence-electron chi connectivity index (χ0n) is 13.0. The second kappa shape index (κ2) is 5.75. The first-order valence-corrected chi connectivity index (χ1v) is 8.98. The summed E-state index contributed by atoms with van der Waals surface area (Å²) in [7, 11) is 0. The molecule has 0 spiro atoms. The van der Waals surface area contributed by atoms with Crippen molar-refractivity contribution in [2.24, 2.45) is 0 Å². The fourth-order valence-corrected chi connectivity index (χ4v) is 4.83. The molecule has 1 aliphatic carbocycles. The first-order valence-electron chi connectivity index (χ1n) is 8.16. The normalized spacial score (nSPS) is 15.8. The van der Waals surface area contributed by atoms with Crippen molar-refractivity contribution >= 4 is 31.5 Å². The lowest BCUT2D eigenvalue weighted by Gasteiger charge is -2.11. The maximum Gasteiger partial charge on any atom is 0.182 e. The molecule has 1 fully saturated rings. The topological polar surface area (TPSA) is 9.23 Å². The maximum atomic E-state index is 15.0. The minimum absolute atomic E-state index is 0.159. The van der Waals surface area contributed by atoms with Gasteiger partial charge in [0, 0.05) is 10.8 Å². The van der Waals surface area contributed by atoms with E-state index in [1.54, 1.807) is 6.07 Å². The number of rotatable bonds is 3. The highest BCUT2D eigenvalue weighted by Crippen LogP contribution is 2.43. The van der Waals surface area contributed by atoms with Crippen molar-refractivity contribution in [2.45, 2.75) is 38.5 Å². The first kappa shape index (κ1) is 14.9. The van der Waals surface area contributed by atoms with Crippen molar-refractivity contribution in [2.75, 3.05) is 6.61 Å². The van der Waals surface area contributed by atoms with E-state index in [1.165, 1.54) is 24.2 Å². The number of fused-ring (bicyclic) bond motifs is 3. The Labute approximate surface area is 137 Å². The largest absolute Gasteiger partial charge is 0.491 e. The molecule has 0 unspecified atom stereocenters. The van der Waals surface area contributed by atoms with E-state index >= 15 is 0 Å². The Balaban J connectivity index is 1.93. The van der Waals surface area contributed by atoms with Gasteiger partial charge < -0.3 is 4.74 Å². The van der Waals surface area contributed by atoms with E-state index in [1.807, 2.05) is 25.1 Å². The summed E-state index contributed by atoms with van der Waals surface area (Å²) in [4.78, 5) is 0. The van der Waals surface area contributed by atoms with Crippen LogP contribution in [0.15, 0.2) is 24.3 Å². The third-order valence-electron chi connectivity index (χ3n) is 4.78. The van der Waals surface area contributed by atoms with Crippen molar-refractivity contribution in [1.82, 2.24) is 0 Å². The van der Waals surface area contributed by atoms with Crippen LogP contribution < -0.4 is 4.74 Å². The van der Waals surface area contributed by atoms with Crippen LogP contribution >= 0.6 is 11.3 Å². The molecule has 0 aliphatic heterocycles. The van der Waals surface area contributed by atoms with Gasteiger partial charge in [0.2, 0.25) is 0 Å². The summed E-state index contributed by atoms with van der Waals surface area (Å²) >= 11 is 1.20. The molecule has 4 rings (SSSR count). The van der Waals surface area contributed by atoms with Gasteiger partial charge in [-0.2, -0.15) is 0 Å². The van der Waals surface area contributed by atoms with Crippen molar-refractivity contribution in [1.29, 1.82) is 0 Å². The first-order chi connectivity index (χ1) is 11.2. The van der Waals surface area contributed by atoms with Crippen molar-refractivity contribution < 1.29 is 13.5 Å². The quantitative estimate of drug-likeness (QED) is 0.540. The van der Waals surface area contributed by atoms with E-state index in [0.717, 1.165) is 29.2 Å². The summed E-state index contributed by atoms with van der Waals surface area (Å²) in [6, 6.07) is 7.31. The summed E-state index contributed by atoms with van der Waals surface area (Å²) < 4.78 is 35.9. The third-order valence-corrected chi connectivity index (χ3v) is 5.98. The number of hydrogen-bond acceptors (Lipinski definition) is 2. The summed E-state index contributed by atoms with van der Waals surface area (Å²) in [5, 5.41) is 1.56. The van der Waals surface area contributed by atoms with Gasteiger partial charge in [-0.25, -0.2) is 8.78 Å². The molecule has 0 N–H and O–H groups in total. The van der Waals surface area contributed by atoms with Crippen LogP contribution in [0.25, 0.3) is 20.2 Å². The average Bonchev–Trinajstić information content (AvgIpc) is 3.19. The lowest BCUT2D eigenvalue weighted by molar-refractivity contribution is 0.323. The minimum Gasteiger partial charge on any atom is -0.491 e. The predicted molar refractivity (Wildman–Crippen MR) is 91.6 cm³/mol. The smallest absolute Gasteiger partial charge is 0.182 e. The molecule has 0 atom stereocenters. The van der Waals surface area contributed by atoms with E-state index < -0.39 is 0 Å². The standard InChI is InChI=1S/C19H18F2OS/c1-2-22-15-10-9-14-13-8-7-12(11-5-3-4-6-11)16(20)18(13)23-19(14)17(15)21/h7-11H,2-6H2,1H3. The number of ether oxygens (including phenoxy) is 1. The molecule has 0 amide bonds. The lowest BCUT2D eigenvalue weighted by atomic mass is 9.96. The lowest BCUT2D eigenvalue weighted by Crippen LogP contribution is -1.96. The van der Waals surface area contributed by atoms with E-state index in [2.05, 4.69) is 0 Å². The molecule has 4 heteroatoms. The molecule has 0 radical (unpaired) electrons. The molecule has 1 aliphatic rings. The molecule has 1 heterocycles. The molecule has 2 aromatic carbocycles. The summed E-state index contributed by atoms with van der Waals surface area (Å²) in [5.74, 6) is 0.0109. The van der Waals surface area contributed by atoms with Crippen LogP contribution in [0, 0.1) is 11.6 Å². The molecule has 120 valence electrons. The fourth-order valence-electron chi connectivity index (χ4n) is 3.65. The van der Waals surface area contributed by atoms with E-state index in [4.69, 9.17) is 4.74 Å². The van der Waals surface area contributed by atoms with Crippen LogP contribution in [0.4, 0.5) is 8.78 Å². The highest BCUT2D eigenvalue weighted by Gasteiger charge is 2.23. The molecule has 23 heavy (non-hydrogen) atoms. The Morgan fingerprint density at radius 2 is 1.65 bits per heavy atom. The van der Waals surface area contributed by atoms with Gasteiger partial charge in [-0.3, -0.25) is 0 Å². The molecule has 1 saturated carbocycles. The van der Waals surface area contributed by atoms with Gasteiger partial charge in [0.1, 0.15) is 5.82 Å². The van der Waals surface area contributed by atoms with Crippen molar-refractivity contribution in [3.8, 4) is 5.75 Å². The van der Waals surface area contributed by atoms with Crippen LogP contribution in [0.1, 0.15) is 44.1 Å². The molecular weight excluding hydrogens is 314 g/mol. The van der Waals surface area contributed by atoms with Crippen LogP contribution in [0.5, 0.6) is 5.75 Å². The predicted octanol–water partition coefficient (Wildman–Crippen LogP) is 6.39. The Morgan fingerprint density at radius 3 is 2.35 bits per heavy atom. The average molecular weight is 332 g/mol. The highest BCUT2D eigenvalue weighted by atomic mass is 32.1. The Hall–Kier alpha value is -1.68. The van der Waals surface area contributed by atoms with E-state index in [0.29, 0.717) is 21.9 Å². The summed E-state index contributed by atoms with van der Waals surface area (Å²) in [6.45, 7) is 2.23. The molecule has 1 aromatic heterocycles. The molecular formula is C19H18F2OS. The SMILES string of the molecule is CCOc1ccc2c(sc3c(F)c(C4CCCC4)ccc32)c1F. The Bertz CT molecular complexity index is 878.